The summed E-state index contributed by atoms with van der Waals surface area (Å²) >= 11 is 2.96. The SMILES string of the molecule is COc1ccc(-c2nnn(CC(=O)N(Cc3cccs3)[C@@H](C(=O)NC[C@H]3CCCO3)c3cccs3)n2)cc1OC. The van der Waals surface area contributed by atoms with Gasteiger partial charge in [-0.1, -0.05) is 12.1 Å². The molecule has 0 saturated carbocycles. The van der Waals surface area contributed by atoms with E-state index in [1.54, 1.807) is 37.3 Å². The number of methoxy groups -OCH3 is 2. The third-order valence-corrected chi connectivity index (χ3v) is 8.28. The number of nitrogens with one attached hydrogen (secondary N) is 1. The van der Waals surface area contributed by atoms with Crippen LogP contribution in [0.25, 0.3) is 11.4 Å². The summed E-state index contributed by atoms with van der Waals surface area (Å²) in [5, 5.41) is 19.5. The van der Waals surface area contributed by atoms with Crippen LogP contribution in [0.15, 0.2) is 53.2 Å². The lowest BCUT2D eigenvalue weighted by molar-refractivity contribution is -0.142. The molecule has 2 amide bonds. The van der Waals surface area contributed by atoms with Crippen molar-refractivity contribution >= 4 is 34.5 Å². The molecule has 1 N–H and O–H groups in total. The van der Waals surface area contributed by atoms with Crippen LogP contribution in [0.5, 0.6) is 11.5 Å². The van der Waals surface area contributed by atoms with Crippen LogP contribution in [0.1, 0.15) is 28.6 Å². The van der Waals surface area contributed by atoms with Gasteiger partial charge >= 0.3 is 0 Å². The predicted octanol–water partition coefficient (Wildman–Crippen LogP) is 3.55. The minimum Gasteiger partial charge on any atom is -0.493 e. The standard InChI is InChI=1S/C27H30N6O5S2/c1-36-21-10-9-18(14-22(21)37-2)26-29-31-33(30-26)17-24(34)32(16-20-7-4-12-39-20)25(23-8-5-13-40-23)27(35)28-15-19-6-3-11-38-19/h4-5,7-10,12-14,19,25H,3,6,11,15-17H2,1-2H3,(H,28,35)/t19-,25-/m1/s1. The number of nitrogens with zero attached hydrogens (tertiary/aromatic N) is 5. The van der Waals surface area contributed by atoms with Crippen LogP contribution in [-0.4, -0.2) is 70.4 Å². The van der Waals surface area contributed by atoms with Gasteiger partial charge in [0.05, 0.1) is 26.9 Å². The third-order valence-electron chi connectivity index (χ3n) is 6.50. The Morgan fingerprint density at radius 2 is 1.98 bits per heavy atom. The molecule has 3 aromatic heterocycles. The first-order valence-corrected chi connectivity index (χ1v) is 14.6. The molecule has 1 aromatic carbocycles. The molecule has 0 spiro atoms. The van der Waals surface area contributed by atoms with Gasteiger partial charge in [0.25, 0.3) is 0 Å². The number of hydrogen-bond acceptors (Lipinski definition) is 10. The number of rotatable bonds is 12. The molecular formula is C27H30N6O5S2. The fraction of sp³-hybridized carbons (Fsp3) is 0.370. The average molecular weight is 583 g/mol. The van der Waals surface area contributed by atoms with E-state index in [0.717, 1.165) is 22.6 Å². The highest BCUT2D eigenvalue weighted by molar-refractivity contribution is 7.10. The van der Waals surface area contributed by atoms with Gasteiger partial charge in [0, 0.05) is 28.5 Å². The Labute approximate surface area is 239 Å². The van der Waals surface area contributed by atoms with E-state index in [4.69, 9.17) is 14.2 Å². The highest BCUT2D eigenvalue weighted by Gasteiger charge is 2.33. The number of carbonyl (C=O) groups is 2. The number of amides is 2. The summed E-state index contributed by atoms with van der Waals surface area (Å²) < 4.78 is 16.4. The number of ether oxygens (including phenoxy) is 3. The first kappa shape index (κ1) is 27.7. The molecule has 1 saturated heterocycles. The lowest BCUT2D eigenvalue weighted by atomic mass is 10.1. The van der Waals surface area contributed by atoms with Gasteiger partial charge in [-0.05, 0) is 59.1 Å². The molecule has 0 radical (unpaired) electrons. The second-order valence-corrected chi connectivity index (χ2v) is 11.1. The first-order chi connectivity index (χ1) is 19.6. The minimum atomic E-state index is -0.815. The largest absolute Gasteiger partial charge is 0.493 e. The number of carbonyl (C=O) groups excluding carboxylic acids is 2. The van der Waals surface area contributed by atoms with Gasteiger partial charge in [-0.3, -0.25) is 9.59 Å². The summed E-state index contributed by atoms with van der Waals surface area (Å²) in [6, 6.07) is 12.1. The molecular weight excluding hydrogens is 552 g/mol. The topological polar surface area (TPSA) is 121 Å². The van der Waals surface area contributed by atoms with Gasteiger partial charge in [0.2, 0.25) is 17.6 Å². The van der Waals surface area contributed by atoms with Crippen molar-refractivity contribution in [2.45, 2.75) is 38.1 Å². The van der Waals surface area contributed by atoms with E-state index in [9.17, 15) is 9.59 Å². The fourth-order valence-corrected chi connectivity index (χ4v) is 6.03. The minimum absolute atomic E-state index is 0.0104. The van der Waals surface area contributed by atoms with Crippen molar-refractivity contribution in [3.63, 3.8) is 0 Å². The van der Waals surface area contributed by atoms with Gasteiger partial charge in [-0.25, -0.2) is 0 Å². The first-order valence-electron chi connectivity index (χ1n) is 12.8. The zero-order valence-electron chi connectivity index (χ0n) is 22.2. The van der Waals surface area contributed by atoms with Crippen LogP contribution < -0.4 is 14.8 Å². The predicted molar refractivity (Wildman–Crippen MR) is 150 cm³/mol. The monoisotopic (exact) mass is 582 g/mol. The Hall–Kier alpha value is -3.81. The Morgan fingerprint density at radius 1 is 1.15 bits per heavy atom. The number of aromatic nitrogens is 4. The van der Waals surface area contributed by atoms with Crippen LogP contribution >= 0.6 is 22.7 Å². The van der Waals surface area contributed by atoms with Crippen molar-refractivity contribution in [2.24, 2.45) is 0 Å². The van der Waals surface area contributed by atoms with Crippen molar-refractivity contribution in [1.82, 2.24) is 30.4 Å². The average Bonchev–Trinajstić information content (AvgIpc) is 3.80. The number of benzene rings is 1. The Balaban J connectivity index is 1.38. The zero-order chi connectivity index (χ0) is 27.9. The van der Waals surface area contributed by atoms with Crippen molar-refractivity contribution in [3.05, 3.63) is 63.0 Å². The number of tetrazole rings is 1. The third kappa shape index (κ3) is 6.49. The van der Waals surface area contributed by atoms with E-state index >= 15 is 0 Å². The van der Waals surface area contributed by atoms with E-state index in [0.29, 0.717) is 36.0 Å². The lowest BCUT2D eigenvalue weighted by Gasteiger charge is -2.30. The molecule has 0 bridgehead atoms. The number of thiophene rings is 2. The molecule has 1 fully saturated rings. The fourth-order valence-electron chi connectivity index (χ4n) is 4.49. The summed E-state index contributed by atoms with van der Waals surface area (Å²) in [6.07, 6.45) is 1.87. The highest BCUT2D eigenvalue weighted by Crippen LogP contribution is 2.31. The molecule has 13 heteroatoms. The van der Waals surface area contributed by atoms with Crippen molar-refractivity contribution in [2.75, 3.05) is 27.4 Å². The second kappa shape index (κ2) is 13.0. The molecule has 4 aromatic rings. The smallest absolute Gasteiger partial charge is 0.248 e. The number of hydrogen-bond donors (Lipinski definition) is 1. The zero-order valence-corrected chi connectivity index (χ0v) is 23.8. The van der Waals surface area contributed by atoms with Crippen LogP contribution in [0, 0.1) is 0 Å². The van der Waals surface area contributed by atoms with Gasteiger partial charge in [0.15, 0.2) is 11.5 Å². The molecule has 1 aliphatic rings. The van der Waals surface area contributed by atoms with E-state index < -0.39 is 6.04 Å². The molecule has 210 valence electrons. The van der Waals surface area contributed by atoms with E-state index in [-0.39, 0.29) is 31.0 Å². The van der Waals surface area contributed by atoms with Crippen molar-refractivity contribution in [3.8, 4) is 22.9 Å². The van der Waals surface area contributed by atoms with Gasteiger partial charge in [-0.2, -0.15) is 4.80 Å². The quantitative estimate of drug-likeness (QED) is 0.269. The summed E-state index contributed by atoms with van der Waals surface area (Å²) in [4.78, 5) is 32.0. The van der Waals surface area contributed by atoms with Gasteiger partial charge < -0.3 is 24.4 Å². The molecule has 11 nitrogen and oxygen atoms in total. The van der Waals surface area contributed by atoms with Gasteiger partial charge in [-0.15, -0.1) is 32.9 Å². The van der Waals surface area contributed by atoms with E-state index in [1.807, 2.05) is 35.0 Å². The summed E-state index contributed by atoms with van der Waals surface area (Å²) in [7, 11) is 3.11. The lowest BCUT2D eigenvalue weighted by Crippen LogP contribution is -2.45. The molecule has 1 aliphatic heterocycles. The van der Waals surface area contributed by atoms with Gasteiger partial charge in [0.1, 0.15) is 12.6 Å². The Bertz CT molecular complexity index is 1400. The maximum atomic E-state index is 13.8. The van der Waals surface area contributed by atoms with Crippen molar-refractivity contribution < 1.29 is 23.8 Å². The normalized spacial score (nSPS) is 15.5. The highest BCUT2D eigenvalue weighted by atomic mass is 32.1. The molecule has 0 aliphatic carbocycles. The second-order valence-electron chi connectivity index (χ2n) is 9.11. The Kier molecular flexibility index (Phi) is 9.04. The van der Waals surface area contributed by atoms with Crippen LogP contribution in [0.2, 0.25) is 0 Å². The summed E-state index contributed by atoms with van der Waals surface area (Å²) in [5.41, 5.74) is 0.664. The van der Waals surface area contributed by atoms with E-state index in [1.165, 1.54) is 27.5 Å². The summed E-state index contributed by atoms with van der Waals surface area (Å²) in [6.45, 7) is 1.19. The van der Waals surface area contributed by atoms with Crippen LogP contribution in [0.3, 0.4) is 0 Å². The maximum Gasteiger partial charge on any atom is 0.248 e. The molecule has 5 rings (SSSR count). The molecule has 0 unspecified atom stereocenters. The van der Waals surface area contributed by atoms with E-state index in [2.05, 4.69) is 20.7 Å². The summed E-state index contributed by atoms with van der Waals surface area (Å²) in [5.74, 6) is 0.885. The van der Waals surface area contributed by atoms with Crippen LogP contribution in [-0.2, 0) is 27.4 Å². The molecule has 40 heavy (non-hydrogen) atoms. The maximum absolute atomic E-state index is 13.8. The molecule has 2 atom stereocenters. The van der Waals surface area contributed by atoms with Crippen LogP contribution in [0.4, 0.5) is 0 Å². The Morgan fingerprint density at radius 3 is 2.67 bits per heavy atom. The molecule has 4 heterocycles. The van der Waals surface area contributed by atoms with Crippen molar-refractivity contribution in [1.29, 1.82) is 0 Å².